The van der Waals surface area contributed by atoms with Crippen molar-refractivity contribution in [2.24, 2.45) is 11.8 Å². The third kappa shape index (κ3) is 4.91. The number of rotatable bonds is 5. The van der Waals surface area contributed by atoms with Gasteiger partial charge in [0, 0.05) is 26.6 Å². The summed E-state index contributed by atoms with van der Waals surface area (Å²) >= 11 is 3.34. The third-order valence-electron chi connectivity index (χ3n) is 3.70. The summed E-state index contributed by atoms with van der Waals surface area (Å²) in [5.41, 5.74) is 0. The quantitative estimate of drug-likeness (QED) is 0.705. The second-order valence-corrected chi connectivity index (χ2v) is 6.61. The lowest BCUT2D eigenvalue weighted by molar-refractivity contribution is -0.200. The molecule has 1 aliphatic carbocycles. The summed E-state index contributed by atoms with van der Waals surface area (Å²) in [6.45, 7) is 0.749. The van der Waals surface area contributed by atoms with E-state index in [1.54, 1.807) is 7.05 Å². The molecule has 0 bridgehead atoms. The Balaban J connectivity index is 2.67. The highest BCUT2D eigenvalue weighted by molar-refractivity contribution is 9.09. The lowest BCUT2D eigenvalue weighted by Crippen LogP contribution is -2.45. The van der Waals surface area contributed by atoms with Crippen molar-refractivity contribution < 1.29 is 22.7 Å². The molecule has 0 aromatic carbocycles. The van der Waals surface area contributed by atoms with Crippen molar-refractivity contribution >= 4 is 21.8 Å². The number of alkyl halides is 4. The molecule has 1 fully saturated rings. The molecule has 0 saturated heterocycles. The molecule has 1 aliphatic rings. The van der Waals surface area contributed by atoms with E-state index in [1.165, 1.54) is 12.0 Å². The van der Waals surface area contributed by atoms with Gasteiger partial charge in [-0.25, -0.2) is 0 Å². The van der Waals surface area contributed by atoms with Crippen LogP contribution in [0.2, 0.25) is 0 Å². The fraction of sp³-hybridized carbons (Fsp3) is 0.923. The second-order valence-electron chi connectivity index (χ2n) is 5.31. The maximum atomic E-state index is 13.0. The zero-order valence-corrected chi connectivity index (χ0v) is 13.3. The van der Waals surface area contributed by atoms with Crippen LogP contribution in [-0.4, -0.2) is 49.1 Å². The van der Waals surface area contributed by atoms with Crippen LogP contribution in [0.15, 0.2) is 0 Å². The van der Waals surface area contributed by atoms with Crippen LogP contribution in [0.25, 0.3) is 0 Å². The van der Waals surface area contributed by atoms with Crippen LogP contribution >= 0.6 is 15.9 Å². The van der Waals surface area contributed by atoms with Gasteiger partial charge in [-0.15, -0.1) is 0 Å². The maximum Gasteiger partial charge on any atom is 0.392 e. The van der Waals surface area contributed by atoms with Gasteiger partial charge in [0.05, 0.1) is 17.4 Å². The maximum absolute atomic E-state index is 13.0. The molecule has 1 saturated carbocycles. The minimum atomic E-state index is -4.29. The van der Waals surface area contributed by atoms with Gasteiger partial charge in [-0.1, -0.05) is 28.8 Å². The molecule has 0 heterocycles. The largest absolute Gasteiger partial charge is 0.392 e. The first-order valence-corrected chi connectivity index (χ1v) is 7.63. The number of hydrogen-bond acceptors (Lipinski definition) is 2. The Morgan fingerprint density at radius 1 is 1.40 bits per heavy atom. The van der Waals surface area contributed by atoms with Gasteiger partial charge in [-0.05, 0) is 12.8 Å². The number of nitrogens with zero attached hydrogens (tertiary/aromatic N) is 1. The van der Waals surface area contributed by atoms with Gasteiger partial charge >= 0.3 is 6.18 Å². The topological polar surface area (TPSA) is 29.5 Å². The van der Waals surface area contributed by atoms with Crippen molar-refractivity contribution in [1.82, 2.24) is 4.90 Å². The molecule has 7 heteroatoms. The smallest absolute Gasteiger partial charge is 0.383 e. The van der Waals surface area contributed by atoms with Crippen molar-refractivity contribution in [3.8, 4) is 0 Å². The van der Waals surface area contributed by atoms with Crippen LogP contribution < -0.4 is 0 Å². The van der Waals surface area contributed by atoms with Gasteiger partial charge in [0.2, 0.25) is 5.91 Å². The Bertz CT molecular complexity index is 325. The Hall–Kier alpha value is -0.300. The Morgan fingerprint density at radius 3 is 2.55 bits per heavy atom. The van der Waals surface area contributed by atoms with E-state index in [1.807, 2.05) is 0 Å². The predicted molar refractivity (Wildman–Crippen MR) is 73.7 cm³/mol. The van der Waals surface area contributed by atoms with Gasteiger partial charge in [-0.2, -0.15) is 13.2 Å². The molecule has 1 rings (SSSR count). The lowest BCUT2D eigenvalue weighted by Gasteiger charge is -2.34. The number of methoxy groups -OCH3 is 1. The number of carbonyl (C=O) groups is 1. The van der Waals surface area contributed by atoms with E-state index in [2.05, 4.69) is 15.9 Å². The average molecular weight is 360 g/mol. The van der Waals surface area contributed by atoms with Gasteiger partial charge in [0.15, 0.2) is 0 Å². The molecule has 0 N–H and O–H groups in total. The summed E-state index contributed by atoms with van der Waals surface area (Å²) in [5.74, 6) is -2.84. The van der Waals surface area contributed by atoms with Crippen molar-refractivity contribution in [2.75, 3.05) is 27.3 Å². The van der Waals surface area contributed by atoms with Crippen LogP contribution in [-0.2, 0) is 9.53 Å². The van der Waals surface area contributed by atoms with Crippen molar-refractivity contribution in [1.29, 1.82) is 0 Å². The molecule has 20 heavy (non-hydrogen) atoms. The first kappa shape index (κ1) is 17.8. The van der Waals surface area contributed by atoms with E-state index < -0.39 is 23.9 Å². The number of amides is 1. The monoisotopic (exact) mass is 359 g/mol. The summed E-state index contributed by atoms with van der Waals surface area (Å²) in [7, 11) is 3.09. The first-order chi connectivity index (χ1) is 9.27. The zero-order valence-electron chi connectivity index (χ0n) is 11.8. The van der Waals surface area contributed by atoms with Crippen LogP contribution in [0.3, 0.4) is 0 Å². The van der Waals surface area contributed by atoms with Crippen LogP contribution in [0.1, 0.15) is 25.7 Å². The minimum Gasteiger partial charge on any atom is -0.383 e. The van der Waals surface area contributed by atoms with Crippen molar-refractivity contribution in [2.45, 2.75) is 36.7 Å². The highest BCUT2D eigenvalue weighted by Crippen LogP contribution is 2.42. The highest BCUT2D eigenvalue weighted by Gasteiger charge is 2.48. The van der Waals surface area contributed by atoms with Gasteiger partial charge in [0.25, 0.3) is 0 Å². The molecule has 3 unspecified atom stereocenters. The summed E-state index contributed by atoms with van der Waals surface area (Å²) in [6, 6.07) is 0. The van der Waals surface area contributed by atoms with E-state index in [0.717, 1.165) is 0 Å². The van der Waals surface area contributed by atoms with Crippen molar-refractivity contribution in [3.05, 3.63) is 0 Å². The standard InChI is InChI=1S/C13H21BrF3NO2/c1-18(7-9(14)8-20-2)12(19)10-5-3-4-6-11(10)13(15,16)17/h9-11H,3-8H2,1-2H3. The summed E-state index contributed by atoms with van der Waals surface area (Å²) in [5, 5.41) is 0. The van der Waals surface area contributed by atoms with E-state index >= 15 is 0 Å². The number of hydrogen-bond donors (Lipinski definition) is 0. The van der Waals surface area contributed by atoms with Crippen LogP contribution in [0, 0.1) is 11.8 Å². The third-order valence-corrected chi connectivity index (χ3v) is 4.25. The van der Waals surface area contributed by atoms with Crippen LogP contribution in [0.4, 0.5) is 13.2 Å². The van der Waals surface area contributed by atoms with E-state index in [-0.39, 0.29) is 11.2 Å². The van der Waals surface area contributed by atoms with Crippen molar-refractivity contribution in [3.63, 3.8) is 0 Å². The van der Waals surface area contributed by atoms with Gasteiger partial charge in [0.1, 0.15) is 0 Å². The summed E-state index contributed by atoms with van der Waals surface area (Å²) in [4.78, 5) is 13.6. The highest BCUT2D eigenvalue weighted by atomic mass is 79.9. The Labute approximate surface area is 126 Å². The van der Waals surface area contributed by atoms with Gasteiger partial charge in [-0.3, -0.25) is 4.79 Å². The van der Waals surface area contributed by atoms with Gasteiger partial charge < -0.3 is 9.64 Å². The van der Waals surface area contributed by atoms with E-state index in [0.29, 0.717) is 32.4 Å². The molecular formula is C13H21BrF3NO2. The SMILES string of the molecule is COCC(Br)CN(C)C(=O)C1CCCCC1C(F)(F)F. The molecule has 0 radical (unpaired) electrons. The van der Waals surface area contributed by atoms with E-state index in [9.17, 15) is 18.0 Å². The molecule has 1 amide bonds. The van der Waals surface area contributed by atoms with Crippen LogP contribution in [0.5, 0.6) is 0 Å². The molecule has 118 valence electrons. The average Bonchev–Trinajstić information content (AvgIpc) is 2.37. The number of carbonyl (C=O) groups excluding carboxylic acids is 1. The Morgan fingerprint density at radius 2 is 2.00 bits per heavy atom. The molecule has 0 aliphatic heterocycles. The fourth-order valence-electron chi connectivity index (χ4n) is 2.72. The molecule has 0 spiro atoms. The fourth-order valence-corrected chi connectivity index (χ4v) is 3.42. The number of ether oxygens (including phenoxy) is 1. The summed E-state index contributed by atoms with van der Waals surface area (Å²) < 4.78 is 43.9. The zero-order chi connectivity index (χ0) is 15.3. The first-order valence-electron chi connectivity index (χ1n) is 6.72. The summed E-state index contributed by atoms with van der Waals surface area (Å²) in [6.07, 6.45) is -2.68. The predicted octanol–water partition coefficient (Wildman–Crippen LogP) is 3.22. The second kappa shape index (κ2) is 7.64. The minimum absolute atomic E-state index is 0.0591. The lowest BCUT2D eigenvalue weighted by atomic mass is 9.78. The Kier molecular flexibility index (Phi) is 6.78. The molecule has 0 aromatic heterocycles. The molecule has 3 atom stereocenters. The molecular weight excluding hydrogens is 339 g/mol. The normalized spacial score (nSPS) is 25.3. The molecule has 0 aromatic rings. The molecule has 3 nitrogen and oxygen atoms in total. The van der Waals surface area contributed by atoms with E-state index in [4.69, 9.17) is 4.74 Å². The number of halogens is 4.